The summed E-state index contributed by atoms with van der Waals surface area (Å²) >= 11 is 0. The number of amides is 1. The zero-order valence-electron chi connectivity index (χ0n) is 48.5. The van der Waals surface area contributed by atoms with Gasteiger partial charge in [-0.1, -0.05) is 227 Å². The molecular weight excluding hydrogens is 940 g/mol. The topological polar surface area (TPSA) is 114 Å². The Morgan fingerprint density at radius 2 is 0.905 bits per heavy atom. The second kappa shape index (κ2) is 53.3. The normalized spacial score (nSPS) is 14.4. The van der Waals surface area contributed by atoms with E-state index in [4.69, 9.17) is 13.8 Å². The SMILES string of the molecule is CC/C=C\C/C=C\C/C=C\C/C=C\C/C=C\CCCCCC(=O)OC(/C=C/CCCCCCCCCCCCC)C(COP(=O)([O-])OCC[N+](C)(C)C)NC(=O)CCCCC/C=C/C=C/CCCCCCCCC. The fourth-order valence-corrected chi connectivity index (χ4v) is 8.85. The van der Waals surface area contributed by atoms with Crippen LogP contribution in [0, 0.1) is 0 Å². The molecule has 0 fully saturated rings. The van der Waals surface area contributed by atoms with Gasteiger partial charge in [0, 0.05) is 12.8 Å². The lowest BCUT2D eigenvalue weighted by molar-refractivity contribution is -0.870. The minimum absolute atomic E-state index is 0.0373. The molecular formula is C64H113N2O7P. The lowest BCUT2D eigenvalue weighted by atomic mass is 10.0. The summed E-state index contributed by atoms with van der Waals surface area (Å²) in [6, 6.07) is -0.921. The van der Waals surface area contributed by atoms with Crippen molar-refractivity contribution in [3.8, 4) is 0 Å². The molecule has 0 rings (SSSR count). The molecule has 0 heterocycles. The Morgan fingerprint density at radius 3 is 1.38 bits per heavy atom. The Balaban J connectivity index is 5.45. The van der Waals surface area contributed by atoms with Crippen LogP contribution in [0.15, 0.2) is 97.2 Å². The van der Waals surface area contributed by atoms with E-state index in [-0.39, 0.29) is 31.3 Å². The zero-order valence-corrected chi connectivity index (χ0v) is 49.4. The number of phosphoric ester groups is 1. The van der Waals surface area contributed by atoms with Crippen LogP contribution in [0.1, 0.15) is 245 Å². The lowest BCUT2D eigenvalue weighted by Gasteiger charge is -2.30. The molecule has 426 valence electrons. The number of rotatable bonds is 53. The standard InChI is InChI=1S/C64H113N2O7P/c1-7-10-13-16-19-22-25-28-30-32-33-34-36-39-42-45-48-51-54-57-64(68)73-62(55-52-49-46-43-40-37-27-24-21-18-15-12-9-3)61(60-72-74(69,70)71-59-58-66(4,5)6)65-63(67)56-53-50-47-44-41-38-35-31-29-26-23-20-17-14-11-8-2/h10,13,19,22,28,30-31,33-35,38-39,41-42,52,55,61-62H,7-9,11-12,14-18,20-21,23-27,29,32,36-37,40,43-51,53-54,56-60H2,1-6H3,(H-,65,67,69,70)/b13-10-,22-19-,30-28-,34-33-,35-31+,41-38+,42-39-,55-52+. The van der Waals surface area contributed by atoms with E-state index >= 15 is 0 Å². The molecule has 10 heteroatoms. The number of likely N-dealkylation sites (N-methyl/N-ethyl adjacent to an activating group) is 1. The number of hydrogen-bond donors (Lipinski definition) is 1. The number of esters is 1. The predicted molar refractivity (Wildman–Crippen MR) is 316 cm³/mol. The fraction of sp³-hybridized carbons (Fsp3) is 0.719. The third-order valence-electron chi connectivity index (χ3n) is 12.8. The number of phosphoric acid groups is 1. The average Bonchev–Trinajstić information content (AvgIpc) is 3.36. The van der Waals surface area contributed by atoms with Gasteiger partial charge >= 0.3 is 5.97 Å². The van der Waals surface area contributed by atoms with E-state index in [1.54, 1.807) is 0 Å². The number of nitrogens with zero attached hydrogens (tertiary/aromatic N) is 1. The monoisotopic (exact) mass is 1050 g/mol. The van der Waals surface area contributed by atoms with Gasteiger partial charge in [-0.25, -0.2) is 0 Å². The van der Waals surface area contributed by atoms with E-state index in [0.29, 0.717) is 23.9 Å². The van der Waals surface area contributed by atoms with Gasteiger partial charge in [-0.3, -0.25) is 14.2 Å². The van der Waals surface area contributed by atoms with E-state index in [1.165, 1.54) is 103 Å². The van der Waals surface area contributed by atoms with E-state index in [1.807, 2.05) is 33.3 Å². The van der Waals surface area contributed by atoms with Gasteiger partial charge in [0.15, 0.2) is 0 Å². The summed E-state index contributed by atoms with van der Waals surface area (Å²) in [5.41, 5.74) is 0. The van der Waals surface area contributed by atoms with E-state index in [0.717, 1.165) is 96.3 Å². The third-order valence-corrected chi connectivity index (χ3v) is 13.7. The highest BCUT2D eigenvalue weighted by atomic mass is 31.2. The van der Waals surface area contributed by atoms with Gasteiger partial charge in [-0.15, -0.1) is 0 Å². The quantitative estimate of drug-likeness (QED) is 0.0161. The van der Waals surface area contributed by atoms with Crippen LogP contribution in [0.5, 0.6) is 0 Å². The molecule has 0 bridgehead atoms. The number of nitrogens with one attached hydrogen (secondary N) is 1. The fourth-order valence-electron chi connectivity index (χ4n) is 8.13. The van der Waals surface area contributed by atoms with Crippen molar-refractivity contribution >= 4 is 19.7 Å². The molecule has 0 aromatic carbocycles. The van der Waals surface area contributed by atoms with Crippen LogP contribution in [0.3, 0.4) is 0 Å². The second-order valence-electron chi connectivity index (χ2n) is 21.1. The van der Waals surface area contributed by atoms with Crippen molar-refractivity contribution < 1.29 is 37.3 Å². The van der Waals surface area contributed by atoms with E-state index < -0.39 is 26.6 Å². The largest absolute Gasteiger partial charge is 0.756 e. The van der Waals surface area contributed by atoms with Gasteiger partial charge in [0.25, 0.3) is 7.82 Å². The van der Waals surface area contributed by atoms with Gasteiger partial charge in [0.1, 0.15) is 19.3 Å². The molecule has 3 atom stereocenters. The van der Waals surface area contributed by atoms with Crippen molar-refractivity contribution in [1.82, 2.24) is 5.32 Å². The summed E-state index contributed by atoms with van der Waals surface area (Å²) in [4.78, 5) is 39.9. The van der Waals surface area contributed by atoms with Crippen LogP contribution in [0.4, 0.5) is 0 Å². The highest BCUT2D eigenvalue weighted by molar-refractivity contribution is 7.45. The Kier molecular flexibility index (Phi) is 51.1. The molecule has 74 heavy (non-hydrogen) atoms. The first-order valence-electron chi connectivity index (χ1n) is 30.1. The molecule has 0 spiro atoms. The molecule has 0 saturated carbocycles. The summed E-state index contributed by atoms with van der Waals surface area (Å²) in [7, 11) is 1.14. The van der Waals surface area contributed by atoms with Crippen molar-refractivity contribution in [2.24, 2.45) is 0 Å². The van der Waals surface area contributed by atoms with Crippen molar-refractivity contribution in [3.63, 3.8) is 0 Å². The lowest BCUT2D eigenvalue weighted by Crippen LogP contribution is -2.47. The number of ether oxygens (including phenoxy) is 1. The Labute approximate surface area is 456 Å². The summed E-state index contributed by atoms with van der Waals surface area (Å²) in [5, 5.41) is 3.00. The number of quaternary nitrogens is 1. The first-order chi connectivity index (χ1) is 35.9. The van der Waals surface area contributed by atoms with Gasteiger partial charge in [-0.2, -0.15) is 0 Å². The molecule has 0 aliphatic rings. The number of unbranched alkanes of at least 4 members (excludes halogenated alkanes) is 24. The summed E-state index contributed by atoms with van der Waals surface area (Å²) < 4.78 is 30.2. The highest BCUT2D eigenvalue weighted by Crippen LogP contribution is 2.38. The molecule has 0 aliphatic heterocycles. The molecule has 0 aromatic rings. The van der Waals surface area contributed by atoms with Crippen LogP contribution in [-0.2, 0) is 27.9 Å². The number of carbonyl (C=O) groups excluding carboxylic acids is 2. The smallest absolute Gasteiger partial charge is 0.306 e. The van der Waals surface area contributed by atoms with Gasteiger partial charge < -0.3 is 28.5 Å². The maximum atomic E-state index is 13.5. The molecule has 0 aromatic heterocycles. The predicted octanol–water partition coefficient (Wildman–Crippen LogP) is 17.8. The van der Waals surface area contributed by atoms with E-state index in [9.17, 15) is 19.0 Å². The minimum atomic E-state index is -4.72. The van der Waals surface area contributed by atoms with Gasteiger partial charge in [0.05, 0.1) is 33.8 Å². The van der Waals surface area contributed by atoms with Gasteiger partial charge in [-0.05, 0) is 102 Å². The van der Waals surface area contributed by atoms with Crippen LogP contribution in [0.2, 0.25) is 0 Å². The summed E-state index contributed by atoms with van der Waals surface area (Å²) in [6.45, 7) is 6.67. The summed E-state index contributed by atoms with van der Waals surface area (Å²) in [5.74, 6) is -0.613. The molecule has 0 radical (unpaired) electrons. The minimum Gasteiger partial charge on any atom is -0.756 e. The number of hydrogen-bond acceptors (Lipinski definition) is 7. The molecule has 0 aliphatic carbocycles. The Bertz CT molecular complexity index is 1590. The molecule has 1 amide bonds. The van der Waals surface area contributed by atoms with Gasteiger partial charge in [0.2, 0.25) is 5.91 Å². The van der Waals surface area contributed by atoms with Crippen LogP contribution in [0.25, 0.3) is 0 Å². The molecule has 9 nitrogen and oxygen atoms in total. The van der Waals surface area contributed by atoms with Crippen LogP contribution >= 0.6 is 7.82 Å². The third kappa shape index (κ3) is 53.7. The zero-order chi connectivity index (χ0) is 54.3. The summed E-state index contributed by atoms with van der Waals surface area (Å²) in [6.07, 6.45) is 70.9. The molecule has 1 N–H and O–H groups in total. The van der Waals surface area contributed by atoms with Crippen molar-refractivity contribution in [2.45, 2.75) is 258 Å². The molecule has 3 unspecified atom stereocenters. The second-order valence-corrected chi connectivity index (χ2v) is 22.6. The average molecular weight is 1050 g/mol. The van der Waals surface area contributed by atoms with Crippen LogP contribution < -0.4 is 10.2 Å². The Morgan fingerprint density at radius 1 is 0.500 bits per heavy atom. The highest BCUT2D eigenvalue weighted by Gasteiger charge is 2.27. The maximum Gasteiger partial charge on any atom is 0.306 e. The maximum absolute atomic E-state index is 13.5. The molecule has 0 saturated heterocycles. The number of carbonyl (C=O) groups is 2. The first-order valence-corrected chi connectivity index (χ1v) is 31.5. The Hall–Kier alpha value is -3.07. The van der Waals surface area contributed by atoms with Crippen molar-refractivity contribution in [1.29, 1.82) is 0 Å². The first kappa shape index (κ1) is 70.9. The van der Waals surface area contributed by atoms with Crippen molar-refractivity contribution in [3.05, 3.63) is 97.2 Å². The van der Waals surface area contributed by atoms with Crippen molar-refractivity contribution in [2.75, 3.05) is 40.9 Å². The van der Waals surface area contributed by atoms with Crippen LogP contribution in [-0.4, -0.2) is 69.4 Å². The van der Waals surface area contributed by atoms with E-state index in [2.05, 4.69) is 111 Å². The number of allylic oxidation sites excluding steroid dienone is 15.